The molecule has 1 rings (SSSR count). The molecule has 1 fully saturated rings. The highest BCUT2D eigenvalue weighted by molar-refractivity contribution is 4.81. The van der Waals surface area contributed by atoms with E-state index in [1.54, 1.807) is 0 Å². The van der Waals surface area contributed by atoms with Gasteiger partial charge >= 0.3 is 0 Å². The predicted molar refractivity (Wildman–Crippen MR) is 87.9 cm³/mol. The van der Waals surface area contributed by atoms with Crippen molar-refractivity contribution in [3.8, 4) is 0 Å². The lowest BCUT2D eigenvalue weighted by molar-refractivity contribution is 0.148. The van der Waals surface area contributed by atoms with Crippen molar-refractivity contribution in [3.05, 3.63) is 0 Å². The van der Waals surface area contributed by atoms with Gasteiger partial charge in [-0.3, -0.25) is 0 Å². The van der Waals surface area contributed by atoms with Crippen LogP contribution in [0.5, 0.6) is 0 Å². The Balaban J connectivity index is 2.17. The van der Waals surface area contributed by atoms with E-state index < -0.39 is 0 Å². The highest BCUT2D eigenvalue weighted by Gasteiger charge is 2.29. The zero-order chi connectivity index (χ0) is 15.0. The molecule has 1 aliphatic carbocycles. The number of aliphatic hydroxyl groups is 1. The molecule has 0 saturated heterocycles. The van der Waals surface area contributed by atoms with Crippen molar-refractivity contribution in [1.29, 1.82) is 0 Å². The molecule has 0 radical (unpaired) electrons. The van der Waals surface area contributed by atoms with Gasteiger partial charge in [-0.2, -0.15) is 0 Å². The molecular formula is C18H37NO. The third kappa shape index (κ3) is 6.58. The minimum atomic E-state index is 0.336. The Labute approximate surface area is 126 Å². The molecule has 20 heavy (non-hydrogen) atoms. The van der Waals surface area contributed by atoms with Gasteiger partial charge in [0.2, 0.25) is 0 Å². The third-order valence-corrected chi connectivity index (χ3v) is 5.17. The Bertz CT molecular complexity index is 232. The molecule has 2 N–H and O–H groups in total. The summed E-state index contributed by atoms with van der Waals surface area (Å²) in [6, 6.07) is 0. The van der Waals surface area contributed by atoms with E-state index in [-0.39, 0.29) is 0 Å². The van der Waals surface area contributed by atoms with E-state index in [2.05, 4.69) is 33.0 Å². The zero-order valence-electron chi connectivity index (χ0n) is 14.3. The van der Waals surface area contributed by atoms with Crippen molar-refractivity contribution in [1.82, 2.24) is 5.32 Å². The average Bonchev–Trinajstić information content (AvgIpc) is 2.39. The van der Waals surface area contributed by atoms with Gasteiger partial charge in [0.25, 0.3) is 0 Å². The molecule has 0 bridgehead atoms. The molecule has 1 saturated carbocycles. The molecule has 1 aliphatic rings. The Kier molecular flexibility index (Phi) is 8.13. The first kappa shape index (κ1) is 18.0. The van der Waals surface area contributed by atoms with Crippen LogP contribution >= 0.6 is 0 Å². The number of hydrogen-bond acceptors (Lipinski definition) is 2. The molecule has 0 heterocycles. The van der Waals surface area contributed by atoms with Gasteiger partial charge in [-0.05, 0) is 74.8 Å². The zero-order valence-corrected chi connectivity index (χ0v) is 14.3. The standard InChI is InChI=1S/C18H37NO/c1-5-6-15(11-12-20)13-19-14-16-7-9-17(10-8-16)18(2,3)4/h15-17,19-20H,5-14H2,1-4H3. The fourth-order valence-corrected chi connectivity index (χ4v) is 3.66. The van der Waals surface area contributed by atoms with E-state index in [9.17, 15) is 0 Å². The normalized spacial score (nSPS) is 25.6. The highest BCUT2D eigenvalue weighted by Crippen LogP contribution is 2.39. The average molecular weight is 284 g/mol. The van der Waals surface area contributed by atoms with Crippen molar-refractivity contribution < 1.29 is 5.11 Å². The summed E-state index contributed by atoms with van der Waals surface area (Å²) in [6.45, 7) is 12.0. The lowest BCUT2D eigenvalue weighted by atomic mass is 9.70. The van der Waals surface area contributed by atoms with E-state index in [4.69, 9.17) is 5.11 Å². The fourth-order valence-electron chi connectivity index (χ4n) is 3.66. The quantitative estimate of drug-likeness (QED) is 0.699. The first-order valence-corrected chi connectivity index (χ1v) is 8.79. The maximum absolute atomic E-state index is 9.09. The van der Waals surface area contributed by atoms with Crippen LogP contribution in [0.2, 0.25) is 0 Å². The molecule has 1 unspecified atom stereocenters. The SMILES string of the molecule is CCCC(CCO)CNCC1CCC(C(C)(C)C)CC1. The molecule has 120 valence electrons. The number of nitrogens with one attached hydrogen (secondary N) is 1. The Morgan fingerprint density at radius 2 is 1.75 bits per heavy atom. The first-order chi connectivity index (χ1) is 9.47. The van der Waals surface area contributed by atoms with E-state index in [0.717, 1.165) is 24.8 Å². The van der Waals surface area contributed by atoms with E-state index >= 15 is 0 Å². The van der Waals surface area contributed by atoms with Gasteiger partial charge in [-0.1, -0.05) is 34.1 Å². The fraction of sp³-hybridized carbons (Fsp3) is 1.00. The van der Waals surface area contributed by atoms with Crippen LogP contribution in [0.1, 0.15) is 72.6 Å². The Morgan fingerprint density at radius 3 is 2.25 bits per heavy atom. The van der Waals surface area contributed by atoms with Crippen molar-refractivity contribution in [2.75, 3.05) is 19.7 Å². The molecule has 0 aromatic rings. The van der Waals surface area contributed by atoms with Crippen molar-refractivity contribution in [3.63, 3.8) is 0 Å². The largest absolute Gasteiger partial charge is 0.396 e. The second-order valence-electron chi connectivity index (χ2n) is 7.91. The summed E-state index contributed by atoms with van der Waals surface area (Å²) in [5.74, 6) is 2.46. The van der Waals surface area contributed by atoms with Crippen LogP contribution in [0.3, 0.4) is 0 Å². The summed E-state index contributed by atoms with van der Waals surface area (Å²) in [7, 11) is 0. The van der Waals surface area contributed by atoms with Crippen LogP contribution < -0.4 is 5.32 Å². The van der Waals surface area contributed by atoms with Crippen LogP contribution in [-0.2, 0) is 0 Å². The minimum absolute atomic E-state index is 0.336. The van der Waals surface area contributed by atoms with E-state index in [1.807, 2.05) is 0 Å². The second-order valence-corrected chi connectivity index (χ2v) is 7.91. The predicted octanol–water partition coefficient (Wildman–Crippen LogP) is 4.23. The minimum Gasteiger partial charge on any atom is -0.396 e. The highest BCUT2D eigenvalue weighted by atomic mass is 16.3. The summed E-state index contributed by atoms with van der Waals surface area (Å²) in [6.07, 6.45) is 9.03. The van der Waals surface area contributed by atoms with E-state index in [1.165, 1.54) is 45.1 Å². The van der Waals surface area contributed by atoms with Crippen molar-refractivity contribution in [2.45, 2.75) is 72.6 Å². The number of hydrogen-bond donors (Lipinski definition) is 2. The van der Waals surface area contributed by atoms with Crippen LogP contribution in [0.25, 0.3) is 0 Å². The molecule has 2 nitrogen and oxygen atoms in total. The molecule has 2 heteroatoms. The van der Waals surface area contributed by atoms with Gasteiger partial charge < -0.3 is 10.4 Å². The maximum Gasteiger partial charge on any atom is 0.0434 e. The van der Waals surface area contributed by atoms with Crippen LogP contribution in [0, 0.1) is 23.2 Å². The van der Waals surface area contributed by atoms with Gasteiger partial charge in [-0.25, -0.2) is 0 Å². The van der Waals surface area contributed by atoms with Crippen LogP contribution in [0.4, 0.5) is 0 Å². The summed E-state index contributed by atoms with van der Waals surface area (Å²) >= 11 is 0. The van der Waals surface area contributed by atoms with Gasteiger partial charge in [0, 0.05) is 6.61 Å². The Morgan fingerprint density at radius 1 is 1.10 bits per heavy atom. The maximum atomic E-state index is 9.09. The summed E-state index contributed by atoms with van der Waals surface area (Å²) < 4.78 is 0. The van der Waals surface area contributed by atoms with Gasteiger partial charge in [0.15, 0.2) is 0 Å². The third-order valence-electron chi connectivity index (χ3n) is 5.17. The molecule has 0 aliphatic heterocycles. The van der Waals surface area contributed by atoms with Crippen LogP contribution in [0.15, 0.2) is 0 Å². The lowest BCUT2D eigenvalue weighted by Gasteiger charge is -2.37. The molecule has 1 atom stereocenters. The topological polar surface area (TPSA) is 32.3 Å². The van der Waals surface area contributed by atoms with Crippen molar-refractivity contribution >= 4 is 0 Å². The van der Waals surface area contributed by atoms with Gasteiger partial charge in [0.1, 0.15) is 0 Å². The summed E-state index contributed by atoms with van der Waals surface area (Å²) in [5, 5.41) is 12.8. The molecule has 0 amide bonds. The lowest BCUT2D eigenvalue weighted by Crippen LogP contribution is -2.33. The van der Waals surface area contributed by atoms with Crippen molar-refractivity contribution in [2.24, 2.45) is 23.2 Å². The molecule has 0 spiro atoms. The van der Waals surface area contributed by atoms with Gasteiger partial charge in [-0.15, -0.1) is 0 Å². The molecule has 0 aromatic carbocycles. The van der Waals surface area contributed by atoms with E-state index in [0.29, 0.717) is 17.9 Å². The Hall–Kier alpha value is -0.0800. The second kappa shape index (κ2) is 9.04. The smallest absolute Gasteiger partial charge is 0.0434 e. The monoisotopic (exact) mass is 283 g/mol. The van der Waals surface area contributed by atoms with Gasteiger partial charge in [0.05, 0.1) is 0 Å². The summed E-state index contributed by atoms with van der Waals surface area (Å²) in [5.41, 5.74) is 0.492. The number of aliphatic hydroxyl groups excluding tert-OH is 1. The first-order valence-electron chi connectivity index (χ1n) is 8.79. The molecular weight excluding hydrogens is 246 g/mol. The molecule has 0 aromatic heterocycles. The summed E-state index contributed by atoms with van der Waals surface area (Å²) in [4.78, 5) is 0. The van der Waals surface area contributed by atoms with Crippen LogP contribution in [-0.4, -0.2) is 24.8 Å². The number of rotatable bonds is 8.